The van der Waals surface area contributed by atoms with Crippen molar-refractivity contribution in [2.24, 2.45) is 0 Å². The zero-order chi connectivity index (χ0) is 13.8. The van der Waals surface area contributed by atoms with Gasteiger partial charge >= 0.3 is 0 Å². The molecule has 0 amide bonds. The van der Waals surface area contributed by atoms with Gasteiger partial charge in [-0.3, -0.25) is 0 Å². The van der Waals surface area contributed by atoms with Gasteiger partial charge in [-0.2, -0.15) is 0 Å². The summed E-state index contributed by atoms with van der Waals surface area (Å²) in [6, 6.07) is 4.80. The van der Waals surface area contributed by atoms with Gasteiger partial charge in [0.1, 0.15) is 4.90 Å². The number of hydrogen-bond donors (Lipinski definition) is 3. The summed E-state index contributed by atoms with van der Waals surface area (Å²) in [5, 5.41) is 3.10. The van der Waals surface area contributed by atoms with Crippen molar-refractivity contribution in [3.05, 3.63) is 18.2 Å². The Kier molecular flexibility index (Phi) is 4.94. The molecule has 0 saturated carbocycles. The summed E-state index contributed by atoms with van der Waals surface area (Å²) in [4.78, 5) is 2.18. The summed E-state index contributed by atoms with van der Waals surface area (Å²) in [6.07, 6.45) is 0. The summed E-state index contributed by atoms with van der Waals surface area (Å²) < 4.78 is 26.0. The Labute approximate surface area is 108 Å². The first-order valence-electron chi connectivity index (χ1n) is 5.58. The molecular formula is C11H20N4O2S. The number of hydrogen-bond acceptors (Lipinski definition) is 5. The molecule has 0 radical (unpaired) electrons. The van der Waals surface area contributed by atoms with Gasteiger partial charge in [0.2, 0.25) is 10.0 Å². The number of sulfonamides is 1. The monoisotopic (exact) mass is 272 g/mol. The fourth-order valence-electron chi connectivity index (χ4n) is 1.43. The number of nitrogens with zero attached hydrogens (tertiary/aromatic N) is 1. The van der Waals surface area contributed by atoms with Crippen LogP contribution in [-0.2, 0) is 10.0 Å². The van der Waals surface area contributed by atoms with Gasteiger partial charge in [0.05, 0.1) is 5.69 Å². The number of benzene rings is 1. The van der Waals surface area contributed by atoms with Crippen molar-refractivity contribution < 1.29 is 8.42 Å². The largest absolute Gasteiger partial charge is 0.399 e. The van der Waals surface area contributed by atoms with Crippen molar-refractivity contribution in [2.75, 3.05) is 45.3 Å². The van der Waals surface area contributed by atoms with Crippen molar-refractivity contribution in [1.29, 1.82) is 0 Å². The predicted molar refractivity (Wildman–Crippen MR) is 74.1 cm³/mol. The fourth-order valence-corrected chi connectivity index (χ4v) is 2.37. The summed E-state index contributed by atoms with van der Waals surface area (Å²) in [5.74, 6) is 0. The lowest BCUT2D eigenvalue weighted by Crippen LogP contribution is -2.23. The molecule has 102 valence electrons. The van der Waals surface area contributed by atoms with Gasteiger partial charge < -0.3 is 16.0 Å². The van der Waals surface area contributed by atoms with Gasteiger partial charge in [0, 0.05) is 18.8 Å². The Bertz CT molecular complexity index is 500. The van der Waals surface area contributed by atoms with E-state index >= 15 is 0 Å². The minimum absolute atomic E-state index is 0.170. The first-order valence-corrected chi connectivity index (χ1v) is 7.07. The molecule has 0 saturated heterocycles. The van der Waals surface area contributed by atoms with E-state index in [1.807, 2.05) is 19.0 Å². The second kappa shape index (κ2) is 6.03. The third-order valence-electron chi connectivity index (χ3n) is 2.44. The minimum Gasteiger partial charge on any atom is -0.399 e. The van der Waals surface area contributed by atoms with Crippen LogP contribution in [0.3, 0.4) is 0 Å². The summed E-state index contributed by atoms with van der Waals surface area (Å²) >= 11 is 0. The lowest BCUT2D eigenvalue weighted by atomic mass is 10.3. The van der Waals surface area contributed by atoms with E-state index < -0.39 is 10.0 Å². The van der Waals surface area contributed by atoms with E-state index in [0.717, 1.165) is 6.54 Å². The van der Waals surface area contributed by atoms with Crippen molar-refractivity contribution in [2.45, 2.75) is 4.90 Å². The van der Waals surface area contributed by atoms with Crippen molar-refractivity contribution in [1.82, 2.24) is 9.62 Å². The number of nitrogen functional groups attached to an aromatic ring is 1. The van der Waals surface area contributed by atoms with Crippen LogP contribution >= 0.6 is 0 Å². The number of nitrogens with two attached hydrogens (primary N) is 1. The van der Waals surface area contributed by atoms with Crippen LogP contribution in [0.5, 0.6) is 0 Å². The maximum absolute atomic E-state index is 11.9. The van der Waals surface area contributed by atoms with Gasteiger partial charge in [-0.05, 0) is 39.3 Å². The highest BCUT2D eigenvalue weighted by molar-refractivity contribution is 7.89. The Balaban J connectivity index is 2.98. The van der Waals surface area contributed by atoms with Gasteiger partial charge in [0.15, 0.2) is 0 Å². The van der Waals surface area contributed by atoms with Crippen LogP contribution in [0.15, 0.2) is 23.1 Å². The average molecular weight is 272 g/mol. The first-order chi connectivity index (χ1) is 8.36. The van der Waals surface area contributed by atoms with Crippen molar-refractivity contribution in [3.8, 4) is 0 Å². The molecule has 1 aromatic rings. The molecule has 18 heavy (non-hydrogen) atoms. The Morgan fingerprint density at radius 1 is 1.33 bits per heavy atom. The molecule has 0 heterocycles. The SMILES string of the molecule is CNS(=O)(=O)c1cc(N)ccc1NCCN(C)C. The molecule has 1 aromatic carbocycles. The van der Waals surface area contributed by atoms with Gasteiger partial charge in [-0.15, -0.1) is 0 Å². The van der Waals surface area contributed by atoms with Crippen LogP contribution in [-0.4, -0.2) is 47.6 Å². The minimum atomic E-state index is -3.51. The Morgan fingerprint density at radius 2 is 2.00 bits per heavy atom. The normalized spacial score (nSPS) is 11.8. The van der Waals surface area contributed by atoms with E-state index in [-0.39, 0.29) is 4.90 Å². The standard InChI is InChI=1S/C11H20N4O2S/c1-13-18(16,17)11-8-9(12)4-5-10(11)14-6-7-15(2)3/h4-5,8,13-14H,6-7,12H2,1-3H3. The lowest BCUT2D eigenvalue weighted by molar-refractivity contribution is 0.425. The molecule has 0 aliphatic heterocycles. The number of anilines is 2. The second-order valence-corrected chi connectivity index (χ2v) is 6.05. The second-order valence-electron chi connectivity index (χ2n) is 4.19. The number of likely N-dealkylation sites (N-methyl/N-ethyl adjacent to an activating group) is 1. The molecule has 4 N–H and O–H groups in total. The van der Waals surface area contributed by atoms with Crippen LogP contribution in [0, 0.1) is 0 Å². The molecule has 0 fully saturated rings. The van der Waals surface area contributed by atoms with Gasteiger partial charge in [-0.1, -0.05) is 0 Å². The summed E-state index contributed by atoms with van der Waals surface area (Å²) in [7, 11) is 1.78. The van der Waals surface area contributed by atoms with E-state index in [4.69, 9.17) is 5.73 Å². The molecule has 6 nitrogen and oxygen atoms in total. The maximum Gasteiger partial charge on any atom is 0.242 e. The highest BCUT2D eigenvalue weighted by Crippen LogP contribution is 2.23. The molecular weight excluding hydrogens is 252 g/mol. The quantitative estimate of drug-likeness (QED) is 0.642. The lowest BCUT2D eigenvalue weighted by Gasteiger charge is -2.15. The topological polar surface area (TPSA) is 87.5 Å². The molecule has 0 aliphatic rings. The smallest absolute Gasteiger partial charge is 0.242 e. The zero-order valence-corrected chi connectivity index (χ0v) is 11.7. The number of rotatable bonds is 6. The molecule has 0 aliphatic carbocycles. The van der Waals surface area contributed by atoms with Crippen LogP contribution in [0.2, 0.25) is 0 Å². The average Bonchev–Trinajstić information content (AvgIpc) is 2.30. The Morgan fingerprint density at radius 3 is 2.56 bits per heavy atom. The van der Waals surface area contributed by atoms with Gasteiger partial charge in [-0.25, -0.2) is 13.1 Å². The number of nitrogens with one attached hydrogen (secondary N) is 2. The molecule has 0 spiro atoms. The third-order valence-corrected chi connectivity index (χ3v) is 3.89. The molecule has 0 bridgehead atoms. The van der Waals surface area contributed by atoms with Crippen LogP contribution in [0.25, 0.3) is 0 Å². The van der Waals surface area contributed by atoms with Crippen molar-refractivity contribution >= 4 is 21.4 Å². The molecule has 0 atom stereocenters. The van der Waals surface area contributed by atoms with E-state index in [9.17, 15) is 8.42 Å². The first kappa shape index (κ1) is 14.7. The third kappa shape index (κ3) is 3.86. The summed E-state index contributed by atoms with van der Waals surface area (Å²) in [5.41, 5.74) is 6.60. The molecule has 0 aromatic heterocycles. The van der Waals surface area contributed by atoms with E-state index in [1.54, 1.807) is 12.1 Å². The molecule has 0 unspecified atom stereocenters. The summed E-state index contributed by atoms with van der Waals surface area (Å²) in [6.45, 7) is 1.46. The van der Waals surface area contributed by atoms with E-state index in [2.05, 4.69) is 10.0 Å². The molecule has 1 rings (SSSR count). The van der Waals surface area contributed by atoms with E-state index in [0.29, 0.717) is 17.9 Å². The fraction of sp³-hybridized carbons (Fsp3) is 0.455. The van der Waals surface area contributed by atoms with Crippen molar-refractivity contribution in [3.63, 3.8) is 0 Å². The highest BCUT2D eigenvalue weighted by atomic mass is 32.2. The van der Waals surface area contributed by atoms with Crippen LogP contribution in [0.1, 0.15) is 0 Å². The van der Waals surface area contributed by atoms with Gasteiger partial charge in [0.25, 0.3) is 0 Å². The maximum atomic E-state index is 11.9. The van der Waals surface area contributed by atoms with Crippen LogP contribution < -0.4 is 15.8 Å². The van der Waals surface area contributed by atoms with E-state index in [1.165, 1.54) is 13.1 Å². The zero-order valence-electron chi connectivity index (χ0n) is 10.9. The Hall–Kier alpha value is -1.31. The molecule has 7 heteroatoms. The highest BCUT2D eigenvalue weighted by Gasteiger charge is 2.16. The van der Waals surface area contributed by atoms with Crippen LogP contribution in [0.4, 0.5) is 11.4 Å². The predicted octanol–water partition coefficient (Wildman–Crippen LogP) is 0.150.